The second-order valence-electron chi connectivity index (χ2n) is 6.86. The van der Waals surface area contributed by atoms with Crippen LogP contribution >= 0.6 is 0 Å². The molecule has 0 aromatic heterocycles. The van der Waals surface area contributed by atoms with Crippen molar-refractivity contribution < 1.29 is 13.2 Å². The van der Waals surface area contributed by atoms with Crippen molar-refractivity contribution in [3.63, 3.8) is 0 Å². The highest BCUT2D eigenvalue weighted by Gasteiger charge is 2.41. The molecule has 0 unspecified atom stereocenters. The van der Waals surface area contributed by atoms with E-state index in [1.54, 1.807) is 6.92 Å². The third kappa shape index (κ3) is 3.11. The molecule has 1 amide bonds. The summed E-state index contributed by atoms with van der Waals surface area (Å²) in [5.41, 5.74) is 0. The Morgan fingerprint density at radius 1 is 1.14 bits per heavy atom. The Hall–Kier alpha value is -0.620. The predicted molar refractivity (Wildman–Crippen MR) is 81.1 cm³/mol. The Morgan fingerprint density at radius 3 is 2.38 bits per heavy atom. The largest absolute Gasteiger partial charge is 0.353 e. The fourth-order valence-corrected chi connectivity index (χ4v) is 5.43. The molecule has 120 valence electrons. The van der Waals surface area contributed by atoms with Gasteiger partial charge in [-0.25, -0.2) is 12.7 Å². The Bertz CT molecular complexity index is 497. The molecule has 0 aromatic carbocycles. The second kappa shape index (κ2) is 5.88. The van der Waals surface area contributed by atoms with Gasteiger partial charge in [0.05, 0.1) is 5.75 Å². The van der Waals surface area contributed by atoms with Gasteiger partial charge in [0, 0.05) is 25.0 Å². The second-order valence-corrected chi connectivity index (χ2v) is 9.12. The number of nitrogens with zero attached hydrogens (tertiary/aromatic N) is 1. The highest BCUT2D eigenvalue weighted by Crippen LogP contribution is 2.44. The van der Waals surface area contributed by atoms with Gasteiger partial charge in [0.15, 0.2) is 0 Å². The van der Waals surface area contributed by atoms with Crippen molar-refractivity contribution in [2.24, 2.45) is 17.8 Å². The van der Waals surface area contributed by atoms with E-state index < -0.39 is 10.0 Å². The Morgan fingerprint density at radius 2 is 1.86 bits per heavy atom. The van der Waals surface area contributed by atoms with Gasteiger partial charge in [-0.2, -0.15) is 0 Å². The van der Waals surface area contributed by atoms with E-state index in [1.807, 2.05) is 0 Å². The van der Waals surface area contributed by atoms with Crippen LogP contribution in [0.1, 0.15) is 45.4 Å². The van der Waals surface area contributed by atoms with Gasteiger partial charge in [0.2, 0.25) is 15.9 Å². The number of rotatable bonds is 4. The first-order valence-electron chi connectivity index (χ1n) is 8.27. The number of piperidine rings is 1. The van der Waals surface area contributed by atoms with Crippen LogP contribution in [-0.2, 0) is 14.8 Å². The van der Waals surface area contributed by atoms with E-state index in [-0.39, 0.29) is 17.6 Å². The molecule has 2 saturated carbocycles. The fraction of sp³-hybridized carbons (Fsp3) is 0.933. The highest BCUT2D eigenvalue weighted by molar-refractivity contribution is 7.89. The molecule has 3 fully saturated rings. The van der Waals surface area contributed by atoms with Gasteiger partial charge in [-0.15, -0.1) is 0 Å². The summed E-state index contributed by atoms with van der Waals surface area (Å²) in [4.78, 5) is 12.4. The average Bonchev–Trinajstić information content (AvgIpc) is 3.10. The van der Waals surface area contributed by atoms with Crippen molar-refractivity contribution >= 4 is 15.9 Å². The minimum atomic E-state index is -3.10. The van der Waals surface area contributed by atoms with Crippen LogP contribution in [0.4, 0.5) is 0 Å². The summed E-state index contributed by atoms with van der Waals surface area (Å²) in [6.45, 7) is 2.65. The highest BCUT2D eigenvalue weighted by atomic mass is 32.2. The summed E-state index contributed by atoms with van der Waals surface area (Å²) in [7, 11) is -3.10. The third-order valence-electron chi connectivity index (χ3n) is 5.65. The maximum absolute atomic E-state index is 12.4. The topological polar surface area (TPSA) is 66.5 Å². The van der Waals surface area contributed by atoms with Crippen LogP contribution in [0.3, 0.4) is 0 Å². The molecule has 0 radical (unpaired) electrons. The zero-order valence-corrected chi connectivity index (χ0v) is 13.6. The van der Waals surface area contributed by atoms with Crippen molar-refractivity contribution in [2.45, 2.75) is 51.5 Å². The molecule has 2 aliphatic carbocycles. The lowest BCUT2D eigenvalue weighted by molar-refractivity contribution is -0.127. The van der Waals surface area contributed by atoms with Crippen LogP contribution in [0.15, 0.2) is 0 Å². The van der Waals surface area contributed by atoms with Gasteiger partial charge in [0.25, 0.3) is 0 Å². The number of fused-ring (bicyclic) bond motifs is 2. The van der Waals surface area contributed by atoms with Gasteiger partial charge in [-0.3, -0.25) is 4.79 Å². The van der Waals surface area contributed by atoms with E-state index in [2.05, 4.69) is 5.32 Å². The molecular formula is C15H26N2O3S. The van der Waals surface area contributed by atoms with Crippen molar-refractivity contribution in [1.82, 2.24) is 9.62 Å². The first kappa shape index (κ1) is 15.3. The monoisotopic (exact) mass is 314 g/mol. The summed E-state index contributed by atoms with van der Waals surface area (Å²) in [6, 6.07) is 0.383. The van der Waals surface area contributed by atoms with E-state index in [1.165, 1.54) is 23.6 Å². The van der Waals surface area contributed by atoms with Crippen LogP contribution in [0.2, 0.25) is 0 Å². The van der Waals surface area contributed by atoms with Gasteiger partial charge < -0.3 is 5.32 Å². The molecule has 5 nitrogen and oxygen atoms in total. The Balaban J connectivity index is 1.49. The number of amides is 1. The number of nitrogens with one attached hydrogen (secondary N) is 1. The average molecular weight is 314 g/mol. The van der Waals surface area contributed by atoms with E-state index >= 15 is 0 Å². The molecule has 0 aromatic rings. The molecule has 1 aliphatic heterocycles. The minimum absolute atomic E-state index is 0.00701. The lowest BCUT2D eigenvalue weighted by Crippen LogP contribution is -2.46. The molecule has 3 rings (SSSR count). The minimum Gasteiger partial charge on any atom is -0.353 e. The zero-order chi connectivity index (χ0) is 15.0. The molecule has 0 spiro atoms. The van der Waals surface area contributed by atoms with E-state index in [0.29, 0.717) is 37.9 Å². The number of carbonyl (C=O) groups is 1. The van der Waals surface area contributed by atoms with Crippen LogP contribution in [0.25, 0.3) is 0 Å². The maximum Gasteiger partial charge on any atom is 0.223 e. The normalized spacial score (nSPS) is 34.2. The molecular weight excluding hydrogens is 288 g/mol. The van der Waals surface area contributed by atoms with Crippen LogP contribution in [0.5, 0.6) is 0 Å². The summed E-state index contributed by atoms with van der Waals surface area (Å²) in [6.07, 6.45) is 6.36. The first-order chi connectivity index (χ1) is 9.99. The predicted octanol–water partition coefficient (Wildman–Crippen LogP) is 1.35. The zero-order valence-electron chi connectivity index (χ0n) is 12.8. The summed E-state index contributed by atoms with van der Waals surface area (Å²) in [5.74, 6) is 1.82. The van der Waals surface area contributed by atoms with E-state index in [0.717, 1.165) is 12.3 Å². The van der Waals surface area contributed by atoms with Gasteiger partial charge in [0.1, 0.15) is 0 Å². The molecule has 1 N–H and O–H groups in total. The Labute approximate surface area is 127 Å². The number of hydrogen-bond acceptors (Lipinski definition) is 3. The molecule has 6 heteroatoms. The van der Waals surface area contributed by atoms with Gasteiger partial charge in [-0.1, -0.05) is 6.42 Å². The standard InChI is InChI=1S/C15H26N2O3S/c1-2-21(19,20)17-7-5-12(6-8-17)15(18)16-14-10-11-3-4-13(14)9-11/h11-14H,2-10H2,1H3,(H,16,18)/t11-,13-,14-/m1/s1. The Kier molecular flexibility index (Phi) is 4.28. The molecule has 3 aliphatic rings. The molecule has 1 saturated heterocycles. The SMILES string of the molecule is CCS(=O)(=O)N1CCC(C(=O)N[C@@H]2C[C@@H]3CC[C@@H]2C3)CC1. The molecule has 2 bridgehead atoms. The maximum atomic E-state index is 12.4. The van der Waals surface area contributed by atoms with E-state index in [9.17, 15) is 13.2 Å². The van der Waals surface area contributed by atoms with E-state index in [4.69, 9.17) is 0 Å². The van der Waals surface area contributed by atoms with Crippen molar-refractivity contribution in [3.05, 3.63) is 0 Å². The number of carbonyl (C=O) groups excluding carboxylic acids is 1. The van der Waals surface area contributed by atoms with Gasteiger partial charge in [-0.05, 0) is 50.9 Å². The lowest BCUT2D eigenvalue weighted by atomic mass is 9.93. The molecule has 21 heavy (non-hydrogen) atoms. The van der Waals surface area contributed by atoms with Gasteiger partial charge >= 0.3 is 0 Å². The third-order valence-corrected chi connectivity index (χ3v) is 7.53. The lowest BCUT2D eigenvalue weighted by Gasteiger charge is -2.32. The van der Waals surface area contributed by atoms with Crippen LogP contribution < -0.4 is 5.32 Å². The van der Waals surface area contributed by atoms with Crippen LogP contribution in [0, 0.1) is 17.8 Å². The molecule has 3 atom stereocenters. The molecule has 1 heterocycles. The van der Waals surface area contributed by atoms with Crippen molar-refractivity contribution in [1.29, 1.82) is 0 Å². The number of hydrogen-bond donors (Lipinski definition) is 1. The van der Waals surface area contributed by atoms with Crippen LogP contribution in [-0.4, -0.2) is 43.5 Å². The first-order valence-corrected chi connectivity index (χ1v) is 9.88. The number of sulfonamides is 1. The van der Waals surface area contributed by atoms with Crippen molar-refractivity contribution in [3.8, 4) is 0 Å². The summed E-state index contributed by atoms with van der Waals surface area (Å²) in [5, 5.41) is 3.24. The quantitative estimate of drug-likeness (QED) is 0.852. The van der Waals surface area contributed by atoms with Crippen molar-refractivity contribution in [2.75, 3.05) is 18.8 Å². The summed E-state index contributed by atoms with van der Waals surface area (Å²) < 4.78 is 25.2. The fourth-order valence-electron chi connectivity index (χ4n) is 4.30. The smallest absolute Gasteiger partial charge is 0.223 e. The summed E-state index contributed by atoms with van der Waals surface area (Å²) >= 11 is 0.